The van der Waals surface area contributed by atoms with Crippen molar-refractivity contribution >= 4 is 23.9 Å². The van der Waals surface area contributed by atoms with Crippen LogP contribution < -0.4 is 9.47 Å². The molecular weight excluding hydrogens is 536 g/mol. The third kappa shape index (κ3) is 9.35. The van der Waals surface area contributed by atoms with Crippen molar-refractivity contribution < 1.29 is 52.3 Å². The maximum absolute atomic E-state index is 12.1. The van der Waals surface area contributed by atoms with Crippen molar-refractivity contribution in [2.24, 2.45) is 0 Å². The van der Waals surface area contributed by atoms with Gasteiger partial charge < -0.3 is 33.2 Å². The van der Waals surface area contributed by atoms with E-state index in [0.29, 0.717) is 24.5 Å². The molecule has 0 radical (unpaired) electrons. The van der Waals surface area contributed by atoms with Crippen LogP contribution in [0.2, 0.25) is 0 Å². The van der Waals surface area contributed by atoms with Crippen LogP contribution >= 0.6 is 0 Å². The minimum Gasteiger partial charge on any atom is -0.490 e. The molecule has 0 spiro atoms. The fourth-order valence-corrected chi connectivity index (χ4v) is 4.25. The summed E-state index contributed by atoms with van der Waals surface area (Å²) >= 11 is 0. The first kappa shape index (κ1) is 31.2. The molecule has 0 amide bonds. The molecule has 3 rings (SSSR count). The van der Waals surface area contributed by atoms with Gasteiger partial charge in [0.25, 0.3) is 0 Å². The standard InChI is InChI=1S/C30H34O11/c1-6-15-35-24-13-11-22(12-14-24)16-23-9-7-8-10-25(23)40-30-29(39-21(5)34)28(38-20(4)33)27(37-19(3)32)26(41-30)17-36-18(2)31/h6-14,26-30H,1,15-17H2,2-5H3/t26-,27-,28+,29-,30+/m1/s1. The number of hydrogen-bond acceptors (Lipinski definition) is 11. The molecule has 0 aromatic heterocycles. The zero-order valence-electron chi connectivity index (χ0n) is 23.4. The average Bonchev–Trinajstić information content (AvgIpc) is 2.90. The Bertz CT molecular complexity index is 1220. The monoisotopic (exact) mass is 570 g/mol. The first-order valence-corrected chi connectivity index (χ1v) is 12.9. The summed E-state index contributed by atoms with van der Waals surface area (Å²) in [6.45, 7) is 8.38. The van der Waals surface area contributed by atoms with E-state index < -0.39 is 54.6 Å². The van der Waals surface area contributed by atoms with Crippen LogP contribution in [0.3, 0.4) is 0 Å². The molecule has 11 heteroatoms. The molecule has 41 heavy (non-hydrogen) atoms. The quantitative estimate of drug-likeness (QED) is 0.211. The number of esters is 4. The molecule has 1 aliphatic rings. The highest BCUT2D eigenvalue weighted by molar-refractivity contribution is 5.68. The van der Waals surface area contributed by atoms with Crippen molar-refractivity contribution in [3.8, 4) is 11.5 Å². The third-order valence-electron chi connectivity index (χ3n) is 5.85. The molecule has 0 aliphatic carbocycles. The van der Waals surface area contributed by atoms with E-state index in [1.165, 1.54) is 13.8 Å². The second kappa shape index (κ2) is 14.8. The fourth-order valence-electron chi connectivity index (χ4n) is 4.25. The Morgan fingerprint density at radius 3 is 2.02 bits per heavy atom. The van der Waals surface area contributed by atoms with Crippen LogP contribution in [0.4, 0.5) is 0 Å². The van der Waals surface area contributed by atoms with Gasteiger partial charge in [0.15, 0.2) is 12.2 Å². The molecule has 0 saturated carbocycles. The highest BCUT2D eigenvalue weighted by Crippen LogP contribution is 2.32. The van der Waals surface area contributed by atoms with E-state index in [-0.39, 0.29) is 6.61 Å². The van der Waals surface area contributed by atoms with Crippen LogP contribution in [0.15, 0.2) is 61.2 Å². The first-order chi connectivity index (χ1) is 19.6. The maximum Gasteiger partial charge on any atom is 0.303 e. The largest absolute Gasteiger partial charge is 0.490 e. The van der Waals surface area contributed by atoms with E-state index in [0.717, 1.165) is 25.0 Å². The van der Waals surface area contributed by atoms with Crippen molar-refractivity contribution in [3.63, 3.8) is 0 Å². The van der Waals surface area contributed by atoms with E-state index in [9.17, 15) is 19.2 Å². The van der Waals surface area contributed by atoms with E-state index in [4.69, 9.17) is 33.2 Å². The van der Waals surface area contributed by atoms with Crippen molar-refractivity contribution in [2.75, 3.05) is 13.2 Å². The minimum absolute atomic E-state index is 0.348. The molecule has 2 aromatic carbocycles. The molecule has 0 bridgehead atoms. The Morgan fingerprint density at radius 2 is 1.41 bits per heavy atom. The predicted molar refractivity (Wildman–Crippen MR) is 144 cm³/mol. The predicted octanol–water partition coefficient (Wildman–Crippen LogP) is 3.30. The number of para-hydroxylation sites is 1. The summed E-state index contributed by atoms with van der Waals surface area (Å²) < 4.78 is 39.4. The lowest BCUT2D eigenvalue weighted by Gasteiger charge is -2.44. The Labute approximate surface area is 238 Å². The highest BCUT2D eigenvalue weighted by Gasteiger charge is 2.53. The molecule has 0 unspecified atom stereocenters. The second-order valence-electron chi connectivity index (χ2n) is 9.21. The number of hydrogen-bond donors (Lipinski definition) is 0. The third-order valence-corrected chi connectivity index (χ3v) is 5.85. The summed E-state index contributed by atoms with van der Waals surface area (Å²) in [4.78, 5) is 47.7. The van der Waals surface area contributed by atoms with Gasteiger partial charge in [0.2, 0.25) is 12.4 Å². The Morgan fingerprint density at radius 1 is 0.805 bits per heavy atom. The van der Waals surface area contributed by atoms with Crippen LogP contribution in [0, 0.1) is 0 Å². The Balaban J connectivity index is 1.94. The molecule has 5 atom stereocenters. The van der Waals surface area contributed by atoms with Gasteiger partial charge in [0.05, 0.1) is 0 Å². The minimum atomic E-state index is -1.33. The lowest BCUT2D eigenvalue weighted by Crippen LogP contribution is -2.63. The average molecular weight is 571 g/mol. The number of ether oxygens (including phenoxy) is 7. The van der Waals surface area contributed by atoms with Crippen LogP contribution in [-0.4, -0.2) is 67.8 Å². The van der Waals surface area contributed by atoms with Crippen molar-refractivity contribution in [3.05, 3.63) is 72.3 Å². The summed E-state index contributed by atoms with van der Waals surface area (Å²) in [5, 5.41) is 0. The Kier molecular flexibility index (Phi) is 11.3. The molecule has 1 saturated heterocycles. The summed E-state index contributed by atoms with van der Waals surface area (Å²) in [6.07, 6.45) is -4.22. The molecule has 2 aromatic rings. The van der Waals surface area contributed by atoms with Crippen molar-refractivity contribution in [2.45, 2.75) is 64.8 Å². The van der Waals surface area contributed by atoms with Gasteiger partial charge in [-0.1, -0.05) is 43.0 Å². The van der Waals surface area contributed by atoms with Crippen LogP contribution in [0.1, 0.15) is 38.8 Å². The van der Waals surface area contributed by atoms with Gasteiger partial charge in [-0.05, 0) is 29.3 Å². The summed E-state index contributed by atoms with van der Waals surface area (Å²) in [6, 6.07) is 14.7. The van der Waals surface area contributed by atoms with Gasteiger partial charge in [-0.2, -0.15) is 0 Å². The van der Waals surface area contributed by atoms with Gasteiger partial charge in [-0.25, -0.2) is 0 Å². The lowest BCUT2D eigenvalue weighted by atomic mass is 9.98. The van der Waals surface area contributed by atoms with Gasteiger partial charge in [-0.3, -0.25) is 19.2 Å². The topological polar surface area (TPSA) is 133 Å². The second-order valence-corrected chi connectivity index (χ2v) is 9.21. The number of carbonyl (C=O) groups is 4. The smallest absolute Gasteiger partial charge is 0.303 e. The molecule has 1 fully saturated rings. The van der Waals surface area contributed by atoms with E-state index in [2.05, 4.69) is 6.58 Å². The Hall–Kier alpha value is -4.38. The van der Waals surface area contributed by atoms with Gasteiger partial charge in [-0.15, -0.1) is 0 Å². The first-order valence-electron chi connectivity index (χ1n) is 12.9. The van der Waals surface area contributed by atoms with Gasteiger partial charge in [0, 0.05) is 34.1 Å². The molecule has 1 heterocycles. The van der Waals surface area contributed by atoms with Gasteiger partial charge >= 0.3 is 23.9 Å². The highest BCUT2D eigenvalue weighted by atomic mass is 16.7. The van der Waals surface area contributed by atoms with E-state index in [1.54, 1.807) is 18.2 Å². The number of rotatable bonds is 12. The summed E-state index contributed by atoms with van der Waals surface area (Å²) in [5.74, 6) is -1.65. The molecular formula is C30H34O11. The van der Waals surface area contributed by atoms with Crippen LogP contribution in [0.25, 0.3) is 0 Å². The molecule has 11 nitrogen and oxygen atoms in total. The SMILES string of the molecule is C=CCOc1ccc(Cc2ccccc2O[C@H]2O[C@H](COC(C)=O)[C@@H](OC(C)=O)[C@H](OC(C)=O)[C@H]2OC(C)=O)cc1. The van der Waals surface area contributed by atoms with Crippen LogP contribution in [-0.2, 0) is 49.3 Å². The van der Waals surface area contributed by atoms with Crippen molar-refractivity contribution in [1.82, 2.24) is 0 Å². The van der Waals surface area contributed by atoms with Crippen molar-refractivity contribution in [1.29, 1.82) is 0 Å². The fraction of sp³-hybridized carbons (Fsp3) is 0.400. The maximum atomic E-state index is 12.1. The van der Waals surface area contributed by atoms with Crippen LogP contribution in [0.5, 0.6) is 11.5 Å². The molecule has 220 valence electrons. The summed E-state index contributed by atoms with van der Waals surface area (Å²) in [7, 11) is 0. The zero-order chi connectivity index (χ0) is 29.9. The van der Waals surface area contributed by atoms with E-state index >= 15 is 0 Å². The number of benzene rings is 2. The zero-order valence-corrected chi connectivity index (χ0v) is 23.4. The summed E-state index contributed by atoms with van der Waals surface area (Å²) in [5.41, 5.74) is 1.74. The molecule has 1 aliphatic heterocycles. The lowest BCUT2D eigenvalue weighted by molar-refractivity contribution is -0.288. The van der Waals surface area contributed by atoms with Gasteiger partial charge in [0.1, 0.15) is 30.8 Å². The number of carbonyl (C=O) groups excluding carboxylic acids is 4. The molecule has 0 N–H and O–H groups in total. The van der Waals surface area contributed by atoms with E-state index in [1.807, 2.05) is 36.4 Å². The normalized spacial score (nSPS) is 21.6.